The van der Waals surface area contributed by atoms with E-state index in [0.29, 0.717) is 17.7 Å². The molecule has 2 unspecified atom stereocenters. The largest absolute Gasteiger partial charge is 0.493 e. The molecule has 0 amide bonds. The number of benzene rings is 2. The van der Waals surface area contributed by atoms with Crippen LogP contribution in [0, 0.1) is 5.92 Å². The molecule has 0 radical (unpaired) electrons. The van der Waals surface area contributed by atoms with Crippen LogP contribution in [0.1, 0.15) is 23.5 Å². The number of para-hydroxylation sites is 1. The van der Waals surface area contributed by atoms with Crippen molar-refractivity contribution in [1.29, 1.82) is 0 Å². The first kappa shape index (κ1) is 13.5. The van der Waals surface area contributed by atoms with Gasteiger partial charge in [-0.3, -0.25) is 0 Å². The van der Waals surface area contributed by atoms with Gasteiger partial charge in [-0.15, -0.1) is 11.6 Å². The second kappa shape index (κ2) is 6.32. The summed E-state index contributed by atoms with van der Waals surface area (Å²) in [4.78, 5) is 0. The van der Waals surface area contributed by atoms with E-state index in [2.05, 4.69) is 48.5 Å². The number of alkyl halides is 1. The van der Waals surface area contributed by atoms with Gasteiger partial charge in [-0.05, 0) is 30.4 Å². The summed E-state index contributed by atoms with van der Waals surface area (Å²) >= 11 is 6.18. The first-order chi connectivity index (χ1) is 9.86. The Bertz CT molecular complexity index is 552. The highest BCUT2D eigenvalue weighted by Crippen LogP contribution is 2.37. The summed E-state index contributed by atoms with van der Waals surface area (Å²) in [6.45, 7) is 0.793. The van der Waals surface area contributed by atoms with Crippen LogP contribution in [0.15, 0.2) is 54.6 Å². The molecule has 20 heavy (non-hydrogen) atoms. The Morgan fingerprint density at radius 3 is 2.60 bits per heavy atom. The molecule has 0 bridgehead atoms. The third kappa shape index (κ3) is 2.99. The Kier molecular flexibility index (Phi) is 4.27. The van der Waals surface area contributed by atoms with Gasteiger partial charge in [0.05, 0.1) is 6.61 Å². The SMILES string of the molecule is ClCC(Cc1ccccc1)CC1COc2ccccc21. The third-order valence-corrected chi connectivity index (χ3v) is 4.44. The van der Waals surface area contributed by atoms with Gasteiger partial charge in [0, 0.05) is 17.4 Å². The summed E-state index contributed by atoms with van der Waals surface area (Å²) in [7, 11) is 0. The van der Waals surface area contributed by atoms with E-state index < -0.39 is 0 Å². The van der Waals surface area contributed by atoms with Crippen LogP contribution in [0.25, 0.3) is 0 Å². The molecule has 0 aliphatic carbocycles. The number of fused-ring (bicyclic) bond motifs is 1. The number of halogens is 1. The van der Waals surface area contributed by atoms with E-state index in [0.717, 1.165) is 25.2 Å². The van der Waals surface area contributed by atoms with Crippen LogP contribution in [-0.2, 0) is 6.42 Å². The summed E-state index contributed by atoms with van der Waals surface area (Å²) in [5.41, 5.74) is 2.71. The molecule has 104 valence electrons. The maximum absolute atomic E-state index is 6.18. The molecule has 3 rings (SSSR count). The maximum Gasteiger partial charge on any atom is 0.122 e. The summed E-state index contributed by atoms with van der Waals surface area (Å²) in [6, 6.07) is 19.0. The van der Waals surface area contributed by atoms with E-state index >= 15 is 0 Å². The lowest BCUT2D eigenvalue weighted by Crippen LogP contribution is -2.13. The normalized spacial score (nSPS) is 18.4. The van der Waals surface area contributed by atoms with E-state index in [1.54, 1.807) is 0 Å². The van der Waals surface area contributed by atoms with Crippen LogP contribution in [0.3, 0.4) is 0 Å². The fourth-order valence-corrected chi connectivity index (χ4v) is 3.21. The summed E-state index contributed by atoms with van der Waals surface area (Å²) in [6.07, 6.45) is 2.14. The quantitative estimate of drug-likeness (QED) is 0.727. The van der Waals surface area contributed by atoms with Gasteiger partial charge in [0.1, 0.15) is 5.75 Å². The van der Waals surface area contributed by atoms with Crippen LogP contribution in [0.4, 0.5) is 0 Å². The minimum atomic E-state index is 0.485. The average Bonchev–Trinajstić information content (AvgIpc) is 2.91. The van der Waals surface area contributed by atoms with Crippen molar-refractivity contribution in [3.8, 4) is 5.75 Å². The zero-order valence-corrected chi connectivity index (χ0v) is 12.2. The Morgan fingerprint density at radius 1 is 1.05 bits per heavy atom. The average molecular weight is 287 g/mol. The molecule has 1 nitrogen and oxygen atoms in total. The zero-order chi connectivity index (χ0) is 13.8. The maximum atomic E-state index is 6.18. The summed E-state index contributed by atoms with van der Waals surface area (Å²) in [5, 5.41) is 0. The molecule has 0 N–H and O–H groups in total. The van der Waals surface area contributed by atoms with E-state index in [4.69, 9.17) is 16.3 Å². The van der Waals surface area contributed by atoms with Crippen molar-refractivity contribution in [3.05, 3.63) is 65.7 Å². The number of hydrogen-bond acceptors (Lipinski definition) is 1. The fraction of sp³-hybridized carbons (Fsp3) is 0.333. The molecule has 0 saturated heterocycles. The highest BCUT2D eigenvalue weighted by molar-refractivity contribution is 6.18. The minimum Gasteiger partial charge on any atom is -0.493 e. The van der Waals surface area contributed by atoms with Crippen molar-refractivity contribution >= 4 is 11.6 Å². The van der Waals surface area contributed by atoms with Crippen molar-refractivity contribution < 1.29 is 4.74 Å². The van der Waals surface area contributed by atoms with Gasteiger partial charge in [-0.2, -0.15) is 0 Å². The molecule has 0 saturated carbocycles. The highest BCUT2D eigenvalue weighted by atomic mass is 35.5. The predicted molar refractivity (Wildman–Crippen MR) is 83.7 cm³/mol. The van der Waals surface area contributed by atoms with Crippen LogP contribution in [0.2, 0.25) is 0 Å². The Balaban J connectivity index is 1.67. The molecule has 0 spiro atoms. The molecule has 1 aliphatic heterocycles. The van der Waals surface area contributed by atoms with E-state index in [9.17, 15) is 0 Å². The van der Waals surface area contributed by atoms with Gasteiger partial charge in [0.2, 0.25) is 0 Å². The smallest absolute Gasteiger partial charge is 0.122 e. The minimum absolute atomic E-state index is 0.485. The van der Waals surface area contributed by atoms with Gasteiger partial charge >= 0.3 is 0 Å². The molecule has 0 fully saturated rings. The summed E-state index contributed by atoms with van der Waals surface area (Å²) in [5.74, 6) is 2.73. The fourth-order valence-electron chi connectivity index (χ4n) is 2.98. The molecular weight excluding hydrogens is 268 g/mol. The van der Waals surface area contributed by atoms with Gasteiger partial charge in [-0.25, -0.2) is 0 Å². The lowest BCUT2D eigenvalue weighted by molar-refractivity contribution is 0.310. The van der Waals surface area contributed by atoms with Crippen molar-refractivity contribution in [1.82, 2.24) is 0 Å². The van der Waals surface area contributed by atoms with Crippen molar-refractivity contribution in [2.24, 2.45) is 5.92 Å². The van der Waals surface area contributed by atoms with Gasteiger partial charge in [0.15, 0.2) is 0 Å². The molecule has 1 heterocycles. The van der Waals surface area contributed by atoms with E-state index in [-0.39, 0.29) is 0 Å². The summed E-state index contributed by atoms with van der Waals surface area (Å²) < 4.78 is 5.76. The van der Waals surface area contributed by atoms with Crippen LogP contribution < -0.4 is 4.74 Å². The van der Waals surface area contributed by atoms with Crippen molar-refractivity contribution in [2.75, 3.05) is 12.5 Å². The standard InChI is InChI=1S/C18H19ClO/c19-12-15(10-14-6-2-1-3-7-14)11-16-13-20-18-9-5-4-8-17(16)18/h1-9,15-16H,10-13H2. The Hall–Kier alpha value is -1.47. The number of hydrogen-bond donors (Lipinski definition) is 0. The van der Waals surface area contributed by atoms with Crippen LogP contribution in [0.5, 0.6) is 5.75 Å². The van der Waals surface area contributed by atoms with Crippen LogP contribution >= 0.6 is 11.6 Å². The van der Waals surface area contributed by atoms with E-state index in [1.165, 1.54) is 11.1 Å². The second-order valence-electron chi connectivity index (χ2n) is 5.49. The topological polar surface area (TPSA) is 9.23 Å². The molecule has 2 heteroatoms. The number of rotatable bonds is 5. The van der Waals surface area contributed by atoms with Gasteiger partial charge in [-0.1, -0.05) is 48.5 Å². The second-order valence-corrected chi connectivity index (χ2v) is 5.80. The van der Waals surface area contributed by atoms with Crippen molar-refractivity contribution in [3.63, 3.8) is 0 Å². The zero-order valence-electron chi connectivity index (χ0n) is 11.5. The van der Waals surface area contributed by atoms with Gasteiger partial charge < -0.3 is 4.74 Å². The van der Waals surface area contributed by atoms with Crippen molar-refractivity contribution in [2.45, 2.75) is 18.8 Å². The van der Waals surface area contributed by atoms with Gasteiger partial charge in [0.25, 0.3) is 0 Å². The number of ether oxygens (including phenoxy) is 1. The Morgan fingerprint density at radius 2 is 1.80 bits per heavy atom. The lowest BCUT2D eigenvalue weighted by Gasteiger charge is -2.18. The predicted octanol–water partition coefficient (Wildman–Crippen LogP) is 4.65. The third-order valence-electron chi connectivity index (χ3n) is 4.00. The first-order valence-electron chi connectivity index (χ1n) is 7.18. The molecule has 2 aromatic carbocycles. The molecular formula is C18H19ClO. The highest BCUT2D eigenvalue weighted by Gasteiger charge is 2.26. The Labute approximate surface area is 125 Å². The molecule has 2 aromatic rings. The van der Waals surface area contributed by atoms with Crippen LogP contribution in [-0.4, -0.2) is 12.5 Å². The van der Waals surface area contributed by atoms with E-state index in [1.807, 2.05) is 6.07 Å². The first-order valence-corrected chi connectivity index (χ1v) is 7.72. The lowest BCUT2D eigenvalue weighted by atomic mass is 9.88. The monoisotopic (exact) mass is 286 g/mol. The molecule has 0 aromatic heterocycles. The molecule has 2 atom stereocenters. The molecule has 1 aliphatic rings.